The average molecular weight is 239 g/mol. The summed E-state index contributed by atoms with van der Waals surface area (Å²) in [5.41, 5.74) is 1.53. The normalized spacial score (nSPS) is 10.9. The van der Waals surface area contributed by atoms with Gasteiger partial charge in [-0.15, -0.1) is 0 Å². The van der Waals surface area contributed by atoms with Gasteiger partial charge in [-0.1, -0.05) is 13.8 Å². The number of methoxy groups -OCH3 is 1. The zero-order valence-electron chi connectivity index (χ0n) is 10.5. The molecule has 2 N–H and O–H groups in total. The van der Waals surface area contributed by atoms with Crippen molar-refractivity contribution in [3.63, 3.8) is 0 Å². The van der Waals surface area contributed by atoms with Crippen LogP contribution in [-0.4, -0.2) is 30.7 Å². The monoisotopic (exact) mass is 239 g/mol. The molecule has 0 amide bonds. The van der Waals surface area contributed by atoms with Crippen LogP contribution in [0, 0.1) is 6.07 Å². The quantitative estimate of drug-likeness (QED) is 0.744. The largest absolute Gasteiger partial charge is 0.507 e. The molecule has 0 saturated heterocycles. The highest BCUT2D eigenvalue weighted by Gasteiger charge is 2.16. The number of ether oxygens (including phenoxy) is 2. The third kappa shape index (κ3) is 3.35. The predicted molar refractivity (Wildman–Crippen MR) is 64.3 cm³/mol. The Labute approximate surface area is 102 Å². The molecule has 17 heavy (non-hydrogen) atoms. The Morgan fingerprint density at radius 3 is 2.65 bits per heavy atom. The molecule has 95 valence electrons. The van der Waals surface area contributed by atoms with Crippen molar-refractivity contribution in [2.24, 2.45) is 0 Å². The second kappa shape index (κ2) is 6.47. The van der Waals surface area contributed by atoms with Gasteiger partial charge in [0.15, 0.2) is 6.79 Å². The van der Waals surface area contributed by atoms with Gasteiger partial charge >= 0.3 is 0 Å². The smallest absolute Gasteiger partial charge is 0.188 e. The molecule has 1 rings (SSSR count). The van der Waals surface area contributed by atoms with E-state index in [0.29, 0.717) is 17.7 Å². The number of benzene rings is 1. The van der Waals surface area contributed by atoms with E-state index < -0.39 is 0 Å². The van der Waals surface area contributed by atoms with Crippen LogP contribution in [0.15, 0.2) is 6.07 Å². The zero-order chi connectivity index (χ0) is 12.8. The minimum absolute atomic E-state index is 0.0227. The number of rotatable bonds is 6. The molecule has 0 atom stereocenters. The Balaban J connectivity index is 3.18. The molecule has 1 radical (unpaired) electrons. The van der Waals surface area contributed by atoms with Crippen molar-refractivity contribution in [3.8, 4) is 11.5 Å². The van der Waals surface area contributed by atoms with Crippen LogP contribution in [0.25, 0.3) is 0 Å². The topological polar surface area (TPSA) is 58.9 Å². The lowest BCUT2D eigenvalue weighted by Crippen LogP contribution is -2.07. The van der Waals surface area contributed by atoms with Gasteiger partial charge in [0.1, 0.15) is 11.5 Å². The summed E-state index contributed by atoms with van der Waals surface area (Å²) in [5.74, 6) is 0.859. The first-order chi connectivity index (χ1) is 8.11. The third-order valence-electron chi connectivity index (χ3n) is 2.49. The van der Waals surface area contributed by atoms with E-state index in [4.69, 9.17) is 14.6 Å². The molecule has 0 aromatic heterocycles. The molecule has 0 saturated carbocycles. The number of hydrogen-bond acceptors (Lipinski definition) is 4. The van der Waals surface area contributed by atoms with E-state index >= 15 is 0 Å². The van der Waals surface area contributed by atoms with Crippen LogP contribution in [0.4, 0.5) is 0 Å². The fourth-order valence-electron chi connectivity index (χ4n) is 1.64. The van der Waals surface area contributed by atoms with Crippen molar-refractivity contribution >= 4 is 0 Å². The molecule has 4 nitrogen and oxygen atoms in total. The minimum Gasteiger partial charge on any atom is -0.507 e. The van der Waals surface area contributed by atoms with Gasteiger partial charge in [0.25, 0.3) is 0 Å². The van der Waals surface area contributed by atoms with Gasteiger partial charge in [0.05, 0.1) is 0 Å². The minimum atomic E-state index is -0.0493. The van der Waals surface area contributed by atoms with Crippen LogP contribution in [0.5, 0.6) is 11.5 Å². The predicted octanol–water partition coefficient (Wildman–Crippen LogP) is 1.83. The second-order valence-corrected chi connectivity index (χ2v) is 4.08. The average Bonchev–Trinajstić information content (AvgIpc) is 2.29. The summed E-state index contributed by atoms with van der Waals surface area (Å²) in [5, 5.41) is 18.8. The maximum absolute atomic E-state index is 9.74. The Morgan fingerprint density at radius 2 is 2.12 bits per heavy atom. The number of aliphatic hydroxyl groups excluding tert-OH is 1. The summed E-state index contributed by atoms with van der Waals surface area (Å²) < 4.78 is 10.4. The highest BCUT2D eigenvalue weighted by molar-refractivity contribution is 5.50. The molecule has 1 aromatic carbocycles. The fraction of sp³-hybridized carbons (Fsp3) is 0.538. The van der Waals surface area contributed by atoms with Gasteiger partial charge in [0.2, 0.25) is 0 Å². The van der Waals surface area contributed by atoms with E-state index in [1.54, 1.807) is 6.07 Å². The van der Waals surface area contributed by atoms with Gasteiger partial charge < -0.3 is 19.7 Å². The molecular formula is C13H19O4. The van der Waals surface area contributed by atoms with Gasteiger partial charge in [0, 0.05) is 31.8 Å². The summed E-state index contributed by atoms with van der Waals surface area (Å²) in [6.07, 6.45) is 0.335. The van der Waals surface area contributed by atoms with Crippen LogP contribution in [0.2, 0.25) is 0 Å². The lowest BCUT2D eigenvalue weighted by atomic mass is 9.97. The molecule has 0 unspecified atom stereocenters. The number of hydrogen-bond donors (Lipinski definition) is 2. The van der Waals surface area contributed by atoms with Crippen molar-refractivity contribution in [2.75, 3.05) is 20.5 Å². The fourth-order valence-corrected chi connectivity index (χ4v) is 1.64. The third-order valence-corrected chi connectivity index (χ3v) is 2.49. The molecule has 0 bridgehead atoms. The summed E-state index contributed by atoms with van der Waals surface area (Å²) in [4.78, 5) is 0. The van der Waals surface area contributed by atoms with E-state index in [0.717, 1.165) is 5.56 Å². The van der Waals surface area contributed by atoms with Crippen LogP contribution in [0.1, 0.15) is 30.9 Å². The SMILES string of the molecule is COCOc1c(C(C)C)c[c]c(O)c1CCO. The lowest BCUT2D eigenvalue weighted by Gasteiger charge is -2.18. The van der Waals surface area contributed by atoms with E-state index in [2.05, 4.69) is 6.07 Å². The molecule has 0 aliphatic rings. The Hall–Kier alpha value is -1.26. The Bertz CT molecular complexity index is 361. The summed E-state index contributed by atoms with van der Waals surface area (Å²) in [7, 11) is 1.54. The van der Waals surface area contributed by atoms with Crippen LogP contribution >= 0.6 is 0 Å². The summed E-state index contributed by atoms with van der Waals surface area (Å²) in [6, 6.07) is 4.49. The van der Waals surface area contributed by atoms with E-state index in [-0.39, 0.29) is 25.1 Å². The van der Waals surface area contributed by atoms with Gasteiger partial charge in [-0.25, -0.2) is 0 Å². The molecule has 0 aliphatic carbocycles. The Kier molecular flexibility index (Phi) is 5.25. The number of phenolic OH excluding ortho intramolecular Hbond substituents is 1. The number of aliphatic hydroxyl groups is 1. The Morgan fingerprint density at radius 1 is 1.41 bits per heavy atom. The van der Waals surface area contributed by atoms with Crippen molar-refractivity contribution < 1.29 is 19.7 Å². The zero-order valence-corrected chi connectivity index (χ0v) is 10.5. The molecule has 1 aromatic rings. The van der Waals surface area contributed by atoms with Crippen molar-refractivity contribution in [1.29, 1.82) is 0 Å². The summed E-state index contributed by atoms with van der Waals surface area (Å²) >= 11 is 0. The van der Waals surface area contributed by atoms with Gasteiger partial charge in [-0.05, 0) is 17.5 Å². The summed E-state index contributed by atoms with van der Waals surface area (Å²) in [6.45, 7) is 4.12. The molecule has 0 aliphatic heterocycles. The maximum Gasteiger partial charge on any atom is 0.188 e. The molecule has 4 heteroatoms. The van der Waals surface area contributed by atoms with Gasteiger partial charge in [-0.2, -0.15) is 0 Å². The first kappa shape index (κ1) is 13.8. The van der Waals surface area contributed by atoms with Crippen LogP contribution < -0.4 is 4.74 Å². The molecule has 0 spiro atoms. The standard InChI is InChI=1S/C13H19O4/c1-9(2)10-4-5-12(15)11(6-7-14)13(10)17-8-16-3/h4,9,14-15H,6-8H2,1-3H3. The van der Waals surface area contributed by atoms with E-state index in [9.17, 15) is 5.11 Å². The second-order valence-electron chi connectivity index (χ2n) is 4.08. The first-order valence-electron chi connectivity index (χ1n) is 5.60. The van der Waals surface area contributed by atoms with Crippen LogP contribution in [0.3, 0.4) is 0 Å². The van der Waals surface area contributed by atoms with Gasteiger partial charge in [-0.3, -0.25) is 0 Å². The van der Waals surface area contributed by atoms with Crippen molar-refractivity contribution in [2.45, 2.75) is 26.2 Å². The maximum atomic E-state index is 9.74. The lowest BCUT2D eigenvalue weighted by molar-refractivity contribution is 0.0492. The highest BCUT2D eigenvalue weighted by Crippen LogP contribution is 2.35. The van der Waals surface area contributed by atoms with Crippen LogP contribution in [-0.2, 0) is 11.2 Å². The first-order valence-corrected chi connectivity index (χ1v) is 5.60. The highest BCUT2D eigenvalue weighted by atomic mass is 16.7. The number of aromatic hydroxyl groups is 1. The number of phenols is 1. The molecule has 0 fully saturated rings. The van der Waals surface area contributed by atoms with Crippen molar-refractivity contribution in [1.82, 2.24) is 0 Å². The molecule has 0 heterocycles. The van der Waals surface area contributed by atoms with Crippen molar-refractivity contribution in [3.05, 3.63) is 23.3 Å². The molecular weight excluding hydrogens is 220 g/mol. The van der Waals surface area contributed by atoms with E-state index in [1.165, 1.54) is 7.11 Å². The van der Waals surface area contributed by atoms with E-state index in [1.807, 2.05) is 13.8 Å².